The van der Waals surface area contributed by atoms with Gasteiger partial charge in [-0.2, -0.15) is 0 Å². The molecule has 1 aromatic carbocycles. The molecule has 1 aliphatic carbocycles. The second-order valence-corrected chi connectivity index (χ2v) is 5.96. The third-order valence-corrected chi connectivity index (χ3v) is 4.37. The first-order valence-corrected chi connectivity index (χ1v) is 7.73. The summed E-state index contributed by atoms with van der Waals surface area (Å²) >= 11 is 0. The molecular weight excluding hydrogens is 282 g/mol. The molecule has 0 spiro atoms. The third-order valence-electron chi connectivity index (χ3n) is 4.37. The second-order valence-electron chi connectivity index (χ2n) is 5.96. The van der Waals surface area contributed by atoms with Crippen LogP contribution in [0.25, 0.3) is 0 Å². The summed E-state index contributed by atoms with van der Waals surface area (Å²) in [6, 6.07) is 7.06. The number of rotatable bonds is 5. The molecule has 1 saturated carbocycles. The minimum absolute atomic E-state index is 0.0273. The predicted octanol–water partition coefficient (Wildman–Crippen LogP) is 3.45. The minimum Gasteiger partial charge on any atom is -0.497 e. The van der Waals surface area contributed by atoms with Crippen molar-refractivity contribution in [1.29, 1.82) is 0 Å². The van der Waals surface area contributed by atoms with Gasteiger partial charge in [0.25, 0.3) is 0 Å². The number of hydrogen-bond acceptors (Lipinski definition) is 3. The number of anilines is 1. The van der Waals surface area contributed by atoms with E-state index < -0.39 is 11.4 Å². The number of aliphatic carboxylic acids is 1. The van der Waals surface area contributed by atoms with Crippen LogP contribution in [0.5, 0.6) is 5.75 Å². The maximum Gasteiger partial charge on any atom is 0.310 e. The Balaban J connectivity index is 2.06. The zero-order chi connectivity index (χ0) is 16.0. The summed E-state index contributed by atoms with van der Waals surface area (Å²) in [7, 11) is 1.56. The van der Waals surface area contributed by atoms with Crippen molar-refractivity contribution in [1.82, 2.24) is 0 Å². The fourth-order valence-corrected chi connectivity index (χ4v) is 3.08. The Morgan fingerprint density at radius 3 is 2.50 bits per heavy atom. The lowest BCUT2D eigenvalue weighted by atomic mass is 9.77. The van der Waals surface area contributed by atoms with Crippen LogP contribution in [-0.2, 0) is 9.59 Å². The molecule has 0 radical (unpaired) electrons. The number of hydrogen-bond donors (Lipinski definition) is 2. The number of ether oxygens (including phenoxy) is 1. The average molecular weight is 305 g/mol. The highest BCUT2D eigenvalue weighted by Crippen LogP contribution is 2.38. The summed E-state index contributed by atoms with van der Waals surface area (Å²) in [6.45, 7) is 0. The Morgan fingerprint density at radius 1 is 1.23 bits per heavy atom. The topological polar surface area (TPSA) is 75.6 Å². The molecule has 0 saturated heterocycles. The number of carboxylic acids is 1. The van der Waals surface area contributed by atoms with Crippen LogP contribution < -0.4 is 10.1 Å². The zero-order valence-electron chi connectivity index (χ0n) is 12.9. The van der Waals surface area contributed by atoms with Gasteiger partial charge < -0.3 is 15.2 Å². The first-order chi connectivity index (χ1) is 10.6. The summed E-state index contributed by atoms with van der Waals surface area (Å²) in [5.41, 5.74) is -0.294. The van der Waals surface area contributed by atoms with E-state index >= 15 is 0 Å². The summed E-state index contributed by atoms with van der Waals surface area (Å²) in [5, 5.41) is 12.4. The fraction of sp³-hybridized carbons (Fsp3) is 0.529. The smallest absolute Gasteiger partial charge is 0.310 e. The van der Waals surface area contributed by atoms with Crippen LogP contribution in [0.2, 0.25) is 0 Å². The van der Waals surface area contributed by atoms with Crippen molar-refractivity contribution in [3.05, 3.63) is 24.3 Å². The van der Waals surface area contributed by atoms with Crippen molar-refractivity contribution in [2.75, 3.05) is 12.4 Å². The van der Waals surface area contributed by atoms with Gasteiger partial charge in [0.1, 0.15) is 5.75 Å². The van der Waals surface area contributed by atoms with E-state index in [1.54, 1.807) is 31.4 Å². The number of carboxylic acid groups (broad SMARTS) is 1. The van der Waals surface area contributed by atoms with Crippen molar-refractivity contribution in [3.8, 4) is 5.75 Å². The molecule has 5 nitrogen and oxygen atoms in total. The summed E-state index contributed by atoms with van der Waals surface area (Å²) in [6.07, 6.45) is 5.03. The number of carbonyl (C=O) groups excluding carboxylic acids is 1. The standard InChI is InChI=1S/C17H23NO4/c1-22-14-8-6-7-13(11-14)18-15(19)12-17(16(20)21)9-4-2-3-5-10-17/h6-8,11H,2-5,9-10,12H2,1H3,(H,18,19)(H,20,21). The highest BCUT2D eigenvalue weighted by molar-refractivity contribution is 5.94. The molecule has 0 atom stereocenters. The van der Waals surface area contributed by atoms with Gasteiger partial charge in [0.15, 0.2) is 0 Å². The number of methoxy groups -OCH3 is 1. The Morgan fingerprint density at radius 2 is 1.91 bits per heavy atom. The maximum absolute atomic E-state index is 12.3. The first kappa shape index (κ1) is 16.3. The molecular formula is C17H23NO4. The van der Waals surface area contributed by atoms with E-state index in [2.05, 4.69) is 5.32 Å². The Bertz CT molecular complexity index is 533. The van der Waals surface area contributed by atoms with Crippen LogP contribution in [0.1, 0.15) is 44.9 Å². The van der Waals surface area contributed by atoms with Gasteiger partial charge in [-0.05, 0) is 25.0 Å². The summed E-state index contributed by atoms with van der Waals surface area (Å²) in [5.74, 6) is -0.451. The number of nitrogens with one attached hydrogen (secondary N) is 1. The quantitative estimate of drug-likeness (QED) is 0.817. The molecule has 1 aliphatic rings. The van der Waals surface area contributed by atoms with Crippen molar-refractivity contribution in [3.63, 3.8) is 0 Å². The van der Waals surface area contributed by atoms with Crippen LogP contribution in [0.15, 0.2) is 24.3 Å². The molecule has 0 bridgehead atoms. The van der Waals surface area contributed by atoms with Crippen molar-refractivity contribution in [2.24, 2.45) is 5.41 Å². The van der Waals surface area contributed by atoms with Crippen LogP contribution in [-0.4, -0.2) is 24.1 Å². The lowest BCUT2D eigenvalue weighted by molar-refractivity contribution is -0.152. The summed E-state index contributed by atoms with van der Waals surface area (Å²) < 4.78 is 5.12. The second kappa shape index (κ2) is 7.29. The predicted molar refractivity (Wildman–Crippen MR) is 84.0 cm³/mol. The highest BCUT2D eigenvalue weighted by Gasteiger charge is 2.40. The molecule has 22 heavy (non-hydrogen) atoms. The van der Waals surface area contributed by atoms with Crippen LogP contribution >= 0.6 is 0 Å². The number of amides is 1. The van der Waals surface area contributed by atoms with Gasteiger partial charge in [0.05, 0.1) is 12.5 Å². The van der Waals surface area contributed by atoms with E-state index in [4.69, 9.17) is 4.74 Å². The molecule has 5 heteroatoms. The SMILES string of the molecule is COc1cccc(NC(=O)CC2(C(=O)O)CCCCCC2)c1. The normalized spacial score (nSPS) is 17.3. The van der Waals surface area contributed by atoms with Gasteiger partial charge in [-0.25, -0.2) is 0 Å². The fourth-order valence-electron chi connectivity index (χ4n) is 3.08. The summed E-state index contributed by atoms with van der Waals surface area (Å²) in [4.78, 5) is 24.0. The van der Waals surface area contributed by atoms with E-state index in [0.717, 1.165) is 25.7 Å². The number of carbonyl (C=O) groups is 2. The first-order valence-electron chi connectivity index (χ1n) is 7.73. The highest BCUT2D eigenvalue weighted by atomic mass is 16.5. The van der Waals surface area contributed by atoms with Crippen molar-refractivity contribution >= 4 is 17.6 Å². The van der Waals surface area contributed by atoms with Crippen molar-refractivity contribution < 1.29 is 19.4 Å². The molecule has 1 aromatic rings. The van der Waals surface area contributed by atoms with E-state index in [1.807, 2.05) is 0 Å². The Labute approximate surface area is 130 Å². The lowest BCUT2D eigenvalue weighted by Crippen LogP contribution is -2.35. The molecule has 0 aromatic heterocycles. The lowest BCUT2D eigenvalue weighted by Gasteiger charge is -2.27. The van der Waals surface area contributed by atoms with Gasteiger partial charge in [-0.3, -0.25) is 9.59 Å². The zero-order valence-corrected chi connectivity index (χ0v) is 12.9. The van der Waals surface area contributed by atoms with Gasteiger partial charge in [-0.15, -0.1) is 0 Å². The molecule has 0 unspecified atom stereocenters. The molecule has 2 rings (SSSR count). The minimum atomic E-state index is -0.917. The molecule has 0 heterocycles. The maximum atomic E-state index is 12.3. The molecule has 1 fully saturated rings. The van der Waals surface area contributed by atoms with Gasteiger partial charge in [-0.1, -0.05) is 31.7 Å². The average Bonchev–Trinajstić information content (AvgIpc) is 2.74. The van der Waals surface area contributed by atoms with Crippen LogP contribution in [0, 0.1) is 5.41 Å². The monoisotopic (exact) mass is 305 g/mol. The van der Waals surface area contributed by atoms with E-state index in [-0.39, 0.29) is 12.3 Å². The third kappa shape index (κ3) is 4.00. The van der Waals surface area contributed by atoms with E-state index in [9.17, 15) is 14.7 Å². The number of benzene rings is 1. The molecule has 1 amide bonds. The van der Waals surface area contributed by atoms with Gasteiger partial charge in [0, 0.05) is 18.2 Å². The molecule has 0 aliphatic heterocycles. The van der Waals surface area contributed by atoms with Crippen LogP contribution in [0.4, 0.5) is 5.69 Å². The largest absolute Gasteiger partial charge is 0.497 e. The Hall–Kier alpha value is -2.04. The molecule has 2 N–H and O–H groups in total. The van der Waals surface area contributed by atoms with E-state index in [0.29, 0.717) is 24.3 Å². The van der Waals surface area contributed by atoms with E-state index in [1.165, 1.54) is 0 Å². The van der Waals surface area contributed by atoms with Gasteiger partial charge in [0.2, 0.25) is 5.91 Å². The van der Waals surface area contributed by atoms with Gasteiger partial charge >= 0.3 is 5.97 Å². The van der Waals surface area contributed by atoms with Crippen molar-refractivity contribution in [2.45, 2.75) is 44.9 Å². The Kier molecular flexibility index (Phi) is 5.41. The van der Waals surface area contributed by atoms with Crippen LogP contribution in [0.3, 0.4) is 0 Å². The molecule has 120 valence electrons.